The molecule has 1 aromatic rings. The first-order valence-electron chi connectivity index (χ1n) is 9.80. The van der Waals surface area contributed by atoms with Gasteiger partial charge in [0.15, 0.2) is 0 Å². The number of carbonyl (C=O) groups excluding carboxylic acids is 2. The maximum absolute atomic E-state index is 12.2. The van der Waals surface area contributed by atoms with Crippen molar-refractivity contribution in [1.82, 2.24) is 5.32 Å². The normalized spacial score (nSPS) is 12.9. The molecule has 0 aliphatic carbocycles. The van der Waals surface area contributed by atoms with Gasteiger partial charge in [-0.1, -0.05) is 56.9 Å². The zero-order chi connectivity index (χ0) is 21.2. The molecule has 28 heavy (non-hydrogen) atoms. The van der Waals surface area contributed by atoms with E-state index in [4.69, 9.17) is 14.2 Å². The highest BCUT2D eigenvalue weighted by Gasteiger charge is 2.27. The zero-order valence-corrected chi connectivity index (χ0v) is 19.0. The molecule has 1 atom stereocenters. The number of nitrogens with one attached hydrogen (secondary N) is 1. The second kappa shape index (κ2) is 11.2. The topological polar surface area (TPSA) is 73.9 Å². The van der Waals surface area contributed by atoms with Crippen LogP contribution in [0, 0.1) is 0 Å². The monoisotopic (exact) mass is 409 g/mol. The van der Waals surface area contributed by atoms with Crippen LogP contribution in [0.5, 0.6) is 0 Å². The van der Waals surface area contributed by atoms with E-state index in [0.717, 1.165) is 11.6 Å². The lowest BCUT2D eigenvalue weighted by atomic mass is 10.1. The third-order valence-corrected chi connectivity index (χ3v) is 5.72. The summed E-state index contributed by atoms with van der Waals surface area (Å²) in [5, 5.41) is 2.60. The number of rotatable bonds is 11. The van der Waals surface area contributed by atoms with Gasteiger partial charge in [0.1, 0.15) is 11.6 Å². The Morgan fingerprint density at radius 1 is 1.14 bits per heavy atom. The summed E-state index contributed by atoms with van der Waals surface area (Å²) in [6.07, 6.45) is -0.214. The van der Waals surface area contributed by atoms with Crippen LogP contribution >= 0.6 is 0 Å². The molecule has 0 aliphatic heterocycles. The van der Waals surface area contributed by atoms with Crippen molar-refractivity contribution in [3.63, 3.8) is 0 Å². The van der Waals surface area contributed by atoms with E-state index in [1.165, 1.54) is 0 Å². The van der Waals surface area contributed by atoms with Crippen molar-refractivity contribution in [2.24, 2.45) is 0 Å². The number of carbonyl (C=O) groups is 2. The Balaban J connectivity index is 2.40. The van der Waals surface area contributed by atoms with Crippen molar-refractivity contribution in [2.45, 2.75) is 71.1 Å². The summed E-state index contributed by atoms with van der Waals surface area (Å²) in [6, 6.07) is 9.96. The fourth-order valence-corrected chi connectivity index (χ4v) is 3.04. The maximum Gasteiger partial charge on any atom is 0.408 e. The van der Waals surface area contributed by atoms with Gasteiger partial charge in [0.2, 0.25) is 0 Å². The Bertz CT molecular complexity index is 613. The molecule has 0 bridgehead atoms. The van der Waals surface area contributed by atoms with Crippen LogP contribution in [0.4, 0.5) is 4.79 Å². The van der Waals surface area contributed by atoms with E-state index in [-0.39, 0.29) is 6.61 Å². The molecule has 1 N–H and O–H groups in total. The summed E-state index contributed by atoms with van der Waals surface area (Å²) in [7, 11) is -1.27. The van der Waals surface area contributed by atoms with Crippen molar-refractivity contribution in [3.05, 3.63) is 35.9 Å². The second-order valence-electron chi connectivity index (χ2n) is 8.71. The Morgan fingerprint density at radius 3 is 2.36 bits per heavy atom. The van der Waals surface area contributed by atoms with Crippen LogP contribution in [0.3, 0.4) is 0 Å². The summed E-state index contributed by atoms with van der Waals surface area (Å²) in [4.78, 5) is 24.4. The van der Waals surface area contributed by atoms with Crippen molar-refractivity contribution >= 4 is 20.1 Å². The number of amides is 1. The first kappa shape index (κ1) is 24.2. The molecule has 0 aliphatic rings. The molecular weight excluding hydrogens is 374 g/mol. The van der Waals surface area contributed by atoms with Crippen molar-refractivity contribution < 1.29 is 23.8 Å². The number of alkyl carbamates (subject to hydrolysis) is 1. The maximum atomic E-state index is 12.2. The molecule has 1 amide bonds. The van der Waals surface area contributed by atoms with Gasteiger partial charge in [-0.25, -0.2) is 9.59 Å². The highest BCUT2D eigenvalue weighted by atomic mass is 28.3. The average molecular weight is 410 g/mol. The standard InChI is InChI=1S/C21H35NO5Si/c1-7-18(19(23)26-13-14-28(4,5)6)22-20(24)27-21(2,3)16-25-15-17-11-9-8-10-12-17/h8-12,18H,7,13-16H2,1-6H3,(H,22,24). The summed E-state index contributed by atoms with van der Waals surface area (Å²) in [5.74, 6) is -0.421. The largest absolute Gasteiger partial charge is 0.464 e. The van der Waals surface area contributed by atoms with Gasteiger partial charge >= 0.3 is 12.1 Å². The van der Waals surface area contributed by atoms with Crippen LogP contribution in [-0.4, -0.2) is 45.0 Å². The van der Waals surface area contributed by atoms with E-state index in [0.29, 0.717) is 19.6 Å². The van der Waals surface area contributed by atoms with E-state index in [9.17, 15) is 9.59 Å². The van der Waals surface area contributed by atoms with Crippen LogP contribution in [-0.2, 0) is 25.6 Å². The lowest BCUT2D eigenvalue weighted by molar-refractivity contribution is -0.145. The minimum absolute atomic E-state index is 0.243. The fourth-order valence-electron chi connectivity index (χ4n) is 2.33. The molecule has 0 fully saturated rings. The van der Waals surface area contributed by atoms with E-state index >= 15 is 0 Å². The molecular formula is C21H35NO5Si. The molecule has 1 rings (SSSR count). The summed E-state index contributed by atoms with van der Waals surface area (Å²) in [5.41, 5.74) is 0.230. The van der Waals surface area contributed by atoms with Crippen LogP contribution in [0.2, 0.25) is 25.7 Å². The second-order valence-corrected chi connectivity index (χ2v) is 14.3. The van der Waals surface area contributed by atoms with Crippen LogP contribution < -0.4 is 5.32 Å². The van der Waals surface area contributed by atoms with Crippen molar-refractivity contribution in [1.29, 1.82) is 0 Å². The molecule has 7 heteroatoms. The van der Waals surface area contributed by atoms with Gasteiger partial charge in [-0.3, -0.25) is 0 Å². The molecule has 0 aromatic heterocycles. The number of ether oxygens (including phenoxy) is 3. The van der Waals surface area contributed by atoms with Gasteiger partial charge < -0.3 is 19.5 Å². The zero-order valence-electron chi connectivity index (χ0n) is 18.0. The quantitative estimate of drug-likeness (QED) is 0.434. The lowest BCUT2D eigenvalue weighted by Crippen LogP contribution is -2.45. The third kappa shape index (κ3) is 10.5. The first-order chi connectivity index (χ1) is 13.0. The Kier molecular flexibility index (Phi) is 9.68. The minimum Gasteiger partial charge on any atom is -0.464 e. The van der Waals surface area contributed by atoms with Gasteiger partial charge in [0.05, 0.1) is 19.8 Å². The molecule has 1 aromatic carbocycles. The number of hydrogen-bond donors (Lipinski definition) is 1. The SMILES string of the molecule is CCC(NC(=O)OC(C)(C)COCc1ccccc1)C(=O)OCC[Si](C)(C)C. The first-order valence-corrected chi connectivity index (χ1v) is 13.5. The lowest BCUT2D eigenvalue weighted by Gasteiger charge is -2.26. The predicted molar refractivity (Wildman–Crippen MR) is 113 cm³/mol. The molecule has 0 radical (unpaired) electrons. The van der Waals surface area contributed by atoms with Gasteiger partial charge in [-0.15, -0.1) is 0 Å². The molecule has 0 heterocycles. The number of benzene rings is 1. The fraction of sp³-hybridized carbons (Fsp3) is 0.619. The Hall–Kier alpha value is -1.86. The minimum atomic E-state index is -1.27. The molecule has 0 saturated carbocycles. The smallest absolute Gasteiger partial charge is 0.408 e. The highest BCUT2D eigenvalue weighted by molar-refractivity contribution is 6.76. The molecule has 158 valence electrons. The molecule has 0 spiro atoms. The molecule has 6 nitrogen and oxygen atoms in total. The van der Waals surface area contributed by atoms with E-state index in [1.807, 2.05) is 37.3 Å². The molecule has 1 unspecified atom stereocenters. The number of hydrogen-bond acceptors (Lipinski definition) is 5. The third-order valence-electron chi connectivity index (χ3n) is 4.01. The van der Waals surface area contributed by atoms with E-state index in [1.54, 1.807) is 13.8 Å². The van der Waals surface area contributed by atoms with Crippen LogP contribution in [0.1, 0.15) is 32.8 Å². The Labute approximate surface area is 170 Å². The average Bonchev–Trinajstić information content (AvgIpc) is 2.58. The van der Waals surface area contributed by atoms with Gasteiger partial charge in [0, 0.05) is 8.07 Å². The van der Waals surface area contributed by atoms with E-state index in [2.05, 4.69) is 25.0 Å². The van der Waals surface area contributed by atoms with Crippen LogP contribution in [0.25, 0.3) is 0 Å². The number of esters is 1. The van der Waals surface area contributed by atoms with Gasteiger partial charge in [-0.2, -0.15) is 0 Å². The predicted octanol–water partition coefficient (Wildman–Crippen LogP) is 4.37. The van der Waals surface area contributed by atoms with Crippen molar-refractivity contribution in [3.8, 4) is 0 Å². The van der Waals surface area contributed by atoms with E-state index < -0.39 is 31.8 Å². The molecule has 0 saturated heterocycles. The summed E-state index contributed by atoms with van der Waals surface area (Å²) >= 11 is 0. The van der Waals surface area contributed by atoms with Crippen LogP contribution in [0.15, 0.2) is 30.3 Å². The van der Waals surface area contributed by atoms with Crippen molar-refractivity contribution in [2.75, 3.05) is 13.2 Å². The summed E-state index contributed by atoms with van der Waals surface area (Å²) < 4.78 is 16.4. The highest BCUT2D eigenvalue weighted by Crippen LogP contribution is 2.13. The Morgan fingerprint density at radius 2 is 1.79 bits per heavy atom. The van der Waals surface area contributed by atoms with Gasteiger partial charge in [0.25, 0.3) is 0 Å². The van der Waals surface area contributed by atoms with Gasteiger partial charge in [-0.05, 0) is 31.9 Å². The summed E-state index contributed by atoms with van der Waals surface area (Å²) in [6.45, 7) is 13.1.